The summed E-state index contributed by atoms with van der Waals surface area (Å²) < 4.78 is 5.41. The van der Waals surface area contributed by atoms with Crippen LogP contribution in [-0.4, -0.2) is 31.1 Å². The number of rotatable bonds is 3. The van der Waals surface area contributed by atoms with Crippen LogP contribution in [0.3, 0.4) is 0 Å². The van der Waals surface area contributed by atoms with Gasteiger partial charge in [0.1, 0.15) is 0 Å². The molecule has 0 spiro atoms. The second-order valence-electron chi connectivity index (χ2n) is 4.55. The SMILES string of the molecule is CC1COCC(CC(=O)c2cc(Cl)ccc2Cl)N1. The lowest BCUT2D eigenvalue weighted by atomic mass is 10.0. The number of ether oxygens (including phenoxy) is 1. The lowest BCUT2D eigenvalue weighted by Crippen LogP contribution is -2.48. The van der Waals surface area contributed by atoms with Crippen molar-refractivity contribution in [1.29, 1.82) is 0 Å². The molecule has 3 nitrogen and oxygen atoms in total. The van der Waals surface area contributed by atoms with Crippen molar-refractivity contribution in [3.8, 4) is 0 Å². The molecule has 1 N–H and O–H groups in total. The fourth-order valence-corrected chi connectivity index (χ4v) is 2.44. The number of nitrogens with one attached hydrogen (secondary N) is 1. The first-order valence-electron chi connectivity index (χ1n) is 5.88. The second-order valence-corrected chi connectivity index (χ2v) is 5.40. The molecule has 0 bridgehead atoms. The molecule has 2 rings (SSSR count). The van der Waals surface area contributed by atoms with Crippen molar-refractivity contribution in [3.63, 3.8) is 0 Å². The van der Waals surface area contributed by atoms with Crippen molar-refractivity contribution in [2.24, 2.45) is 0 Å². The van der Waals surface area contributed by atoms with Gasteiger partial charge in [0.2, 0.25) is 0 Å². The van der Waals surface area contributed by atoms with Gasteiger partial charge in [-0.2, -0.15) is 0 Å². The van der Waals surface area contributed by atoms with Gasteiger partial charge >= 0.3 is 0 Å². The monoisotopic (exact) mass is 287 g/mol. The predicted octanol–water partition coefficient (Wildman–Crippen LogP) is 2.94. The predicted molar refractivity (Wildman–Crippen MR) is 72.6 cm³/mol. The van der Waals surface area contributed by atoms with Crippen LogP contribution in [0.1, 0.15) is 23.7 Å². The number of Topliss-reactive ketones (excluding diaryl/α,β-unsaturated/α-hetero) is 1. The summed E-state index contributed by atoms with van der Waals surface area (Å²) in [5, 5.41) is 4.29. The molecule has 1 heterocycles. The maximum atomic E-state index is 12.2. The highest BCUT2D eigenvalue weighted by molar-refractivity contribution is 6.35. The van der Waals surface area contributed by atoms with E-state index in [4.69, 9.17) is 27.9 Å². The van der Waals surface area contributed by atoms with E-state index in [1.165, 1.54) is 0 Å². The van der Waals surface area contributed by atoms with E-state index in [2.05, 4.69) is 5.32 Å². The Balaban J connectivity index is 2.05. The minimum atomic E-state index is -0.0160. The number of hydrogen-bond donors (Lipinski definition) is 1. The van der Waals surface area contributed by atoms with Crippen LogP contribution >= 0.6 is 23.2 Å². The molecule has 1 aromatic rings. The molecule has 0 amide bonds. The van der Waals surface area contributed by atoms with Gasteiger partial charge in [-0.3, -0.25) is 4.79 Å². The summed E-state index contributed by atoms with van der Waals surface area (Å²) in [7, 11) is 0. The lowest BCUT2D eigenvalue weighted by molar-refractivity contribution is 0.0463. The molecule has 2 atom stereocenters. The summed E-state index contributed by atoms with van der Waals surface area (Å²) in [6.45, 7) is 3.26. The summed E-state index contributed by atoms with van der Waals surface area (Å²) in [5.74, 6) is -0.0160. The highest BCUT2D eigenvalue weighted by Gasteiger charge is 2.22. The zero-order valence-corrected chi connectivity index (χ0v) is 11.6. The van der Waals surface area contributed by atoms with E-state index < -0.39 is 0 Å². The quantitative estimate of drug-likeness (QED) is 0.869. The third-order valence-corrected chi connectivity index (χ3v) is 3.43. The molecule has 0 aliphatic carbocycles. The summed E-state index contributed by atoms with van der Waals surface area (Å²) in [4.78, 5) is 12.2. The summed E-state index contributed by atoms with van der Waals surface area (Å²) in [6.07, 6.45) is 0.365. The highest BCUT2D eigenvalue weighted by atomic mass is 35.5. The first-order chi connectivity index (χ1) is 8.56. The molecule has 18 heavy (non-hydrogen) atoms. The van der Waals surface area contributed by atoms with Gasteiger partial charge < -0.3 is 10.1 Å². The summed E-state index contributed by atoms with van der Waals surface area (Å²) >= 11 is 11.9. The summed E-state index contributed by atoms with van der Waals surface area (Å²) in [5.41, 5.74) is 0.476. The smallest absolute Gasteiger partial charge is 0.166 e. The van der Waals surface area contributed by atoms with Crippen molar-refractivity contribution in [2.75, 3.05) is 13.2 Å². The molecule has 1 saturated heterocycles. The number of halogens is 2. The van der Waals surface area contributed by atoms with E-state index in [0.29, 0.717) is 35.2 Å². The van der Waals surface area contributed by atoms with Crippen molar-refractivity contribution < 1.29 is 9.53 Å². The van der Waals surface area contributed by atoms with Crippen LogP contribution in [0.5, 0.6) is 0 Å². The van der Waals surface area contributed by atoms with E-state index in [1.54, 1.807) is 18.2 Å². The molecule has 2 unspecified atom stereocenters. The number of morpholine rings is 1. The van der Waals surface area contributed by atoms with E-state index >= 15 is 0 Å². The van der Waals surface area contributed by atoms with E-state index in [9.17, 15) is 4.79 Å². The normalized spacial score (nSPS) is 23.9. The molecule has 5 heteroatoms. The molecule has 0 radical (unpaired) electrons. The van der Waals surface area contributed by atoms with Gasteiger partial charge in [-0.05, 0) is 25.1 Å². The zero-order chi connectivity index (χ0) is 13.1. The highest BCUT2D eigenvalue weighted by Crippen LogP contribution is 2.22. The molecular formula is C13H15Cl2NO2. The topological polar surface area (TPSA) is 38.3 Å². The van der Waals surface area contributed by atoms with Gasteiger partial charge in [-0.25, -0.2) is 0 Å². The Labute approximate surface area is 116 Å². The van der Waals surface area contributed by atoms with E-state index in [0.717, 1.165) is 0 Å². The number of carbonyl (C=O) groups excluding carboxylic acids is 1. The average molecular weight is 288 g/mol. The van der Waals surface area contributed by atoms with Gasteiger partial charge in [0, 0.05) is 29.1 Å². The van der Waals surface area contributed by atoms with Gasteiger partial charge in [-0.15, -0.1) is 0 Å². The molecule has 1 aliphatic rings. The molecule has 1 aromatic carbocycles. The number of hydrogen-bond acceptors (Lipinski definition) is 3. The molecule has 1 aliphatic heterocycles. The largest absolute Gasteiger partial charge is 0.378 e. The number of carbonyl (C=O) groups is 1. The molecular weight excluding hydrogens is 273 g/mol. The van der Waals surface area contributed by atoms with Crippen LogP contribution in [0, 0.1) is 0 Å². The van der Waals surface area contributed by atoms with Crippen LogP contribution in [-0.2, 0) is 4.74 Å². The first-order valence-corrected chi connectivity index (χ1v) is 6.64. The van der Waals surface area contributed by atoms with Crippen molar-refractivity contribution in [1.82, 2.24) is 5.32 Å². The Kier molecular flexibility index (Phi) is 4.62. The number of benzene rings is 1. The van der Waals surface area contributed by atoms with Gasteiger partial charge in [-0.1, -0.05) is 23.2 Å². The second kappa shape index (κ2) is 6.02. The van der Waals surface area contributed by atoms with Crippen LogP contribution in [0.4, 0.5) is 0 Å². The van der Waals surface area contributed by atoms with Crippen molar-refractivity contribution in [2.45, 2.75) is 25.4 Å². The number of ketones is 1. The third-order valence-electron chi connectivity index (χ3n) is 2.87. The van der Waals surface area contributed by atoms with Gasteiger partial charge in [0.15, 0.2) is 5.78 Å². The Bertz CT molecular complexity index is 451. The summed E-state index contributed by atoms with van der Waals surface area (Å²) in [6, 6.07) is 5.23. The van der Waals surface area contributed by atoms with Crippen LogP contribution < -0.4 is 5.32 Å². The Morgan fingerprint density at radius 1 is 1.44 bits per heavy atom. The van der Waals surface area contributed by atoms with Crippen LogP contribution in [0.25, 0.3) is 0 Å². The van der Waals surface area contributed by atoms with Gasteiger partial charge in [0.05, 0.1) is 18.2 Å². The van der Waals surface area contributed by atoms with E-state index in [1.807, 2.05) is 6.92 Å². The minimum Gasteiger partial charge on any atom is -0.378 e. The van der Waals surface area contributed by atoms with Crippen LogP contribution in [0.15, 0.2) is 18.2 Å². The first kappa shape index (κ1) is 13.8. The standard InChI is InChI=1S/C13H15Cl2NO2/c1-8-6-18-7-10(16-8)5-13(17)11-4-9(14)2-3-12(11)15/h2-4,8,10,16H,5-7H2,1H3. The fourth-order valence-electron chi connectivity index (χ4n) is 2.05. The maximum Gasteiger partial charge on any atom is 0.166 e. The minimum absolute atomic E-state index is 0.0160. The molecule has 0 aromatic heterocycles. The Hall–Kier alpha value is -0.610. The van der Waals surface area contributed by atoms with Crippen LogP contribution in [0.2, 0.25) is 10.0 Å². The molecule has 0 saturated carbocycles. The third kappa shape index (κ3) is 3.45. The average Bonchev–Trinajstić information content (AvgIpc) is 2.32. The molecule has 1 fully saturated rings. The molecule has 98 valence electrons. The maximum absolute atomic E-state index is 12.2. The zero-order valence-electron chi connectivity index (χ0n) is 10.1. The van der Waals surface area contributed by atoms with Gasteiger partial charge in [0.25, 0.3) is 0 Å². The van der Waals surface area contributed by atoms with Crippen molar-refractivity contribution >= 4 is 29.0 Å². The Morgan fingerprint density at radius 3 is 2.94 bits per heavy atom. The Morgan fingerprint density at radius 2 is 2.22 bits per heavy atom. The van der Waals surface area contributed by atoms with Crippen molar-refractivity contribution in [3.05, 3.63) is 33.8 Å². The fraction of sp³-hybridized carbons (Fsp3) is 0.462. The lowest BCUT2D eigenvalue weighted by Gasteiger charge is -2.28. The van der Waals surface area contributed by atoms with E-state index in [-0.39, 0.29) is 17.9 Å².